The van der Waals surface area contributed by atoms with Gasteiger partial charge in [0.05, 0.1) is 15.9 Å². The van der Waals surface area contributed by atoms with Crippen LogP contribution < -0.4 is 9.64 Å². The van der Waals surface area contributed by atoms with Crippen LogP contribution in [0.4, 0.5) is 5.69 Å². The predicted molar refractivity (Wildman–Crippen MR) is 85.4 cm³/mol. The molecule has 0 N–H and O–H groups in total. The standard InChI is InChI=1S/C15H20BrN3O/c1-5-19-14(15(16)11(2)17-19)10-20-13-8-6-7-12(9-13)18(3)4/h6-9H,5,10H2,1-4H3. The molecule has 20 heavy (non-hydrogen) atoms. The Morgan fingerprint density at radius 1 is 1.35 bits per heavy atom. The first kappa shape index (κ1) is 14.9. The molecule has 2 rings (SSSR count). The Balaban J connectivity index is 2.15. The first-order valence-corrected chi connectivity index (χ1v) is 7.44. The molecule has 0 aliphatic rings. The molecule has 0 bridgehead atoms. The lowest BCUT2D eigenvalue weighted by molar-refractivity contribution is 0.292. The number of anilines is 1. The number of benzene rings is 1. The molecule has 0 spiro atoms. The molecule has 2 aromatic rings. The van der Waals surface area contributed by atoms with Crippen molar-refractivity contribution in [3.8, 4) is 5.75 Å². The molecule has 4 nitrogen and oxygen atoms in total. The Morgan fingerprint density at radius 2 is 2.10 bits per heavy atom. The lowest BCUT2D eigenvalue weighted by Gasteiger charge is -2.14. The molecule has 0 aliphatic heterocycles. The molecule has 1 heterocycles. The Hall–Kier alpha value is -1.49. The fourth-order valence-electron chi connectivity index (χ4n) is 2.01. The highest BCUT2D eigenvalue weighted by atomic mass is 79.9. The molecule has 1 aromatic heterocycles. The highest BCUT2D eigenvalue weighted by Crippen LogP contribution is 2.24. The van der Waals surface area contributed by atoms with E-state index in [-0.39, 0.29) is 0 Å². The average Bonchev–Trinajstić information content (AvgIpc) is 2.72. The molecule has 0 aliphatic carbocycles. The largest absolute Gasteiger partial charge is 0.487 e. The number of aromatic nitrogens is 2. The smallest absolute Gasteiger partial charge is 0.131 e. The second-order valence-electron chi connectivity index (χ2n) is 4.84. The summed E-state index contributed by atoms with van der Waals surface area (Å²) >= 11 is 3.58. The van der Waals surface area contributed by atoms with Gasteiger partial charge in [0.2, 0.25) is 0 Å². The highest BCUT2D eigenvalue weighted by Gasteiger charge is 2.12. The zero-order valence-electron chi connectivity index (χ0n) is 12.4. The molecule has 1 aromatic carbocycles. The van der Waals surface area contributed by atoms with Gasteiger partial charge in [-0.1, -0.05) is 6.07 Å². The van der Waals surface area contributed by atoms with Gasteiger partial charge in [0.15, 0.2) is 0 Å². The Bertz CT molecular complexity index is 593. The molecule has 0 amide bonds. The van der Waals surface area contributed by atoms with Gasteiger partial charge in [0, 0.05) is 32.4 Å². The van der Waals surface area contributed by atoms with E-state index in [4.69, 9.17) is 4.74 Å². The first-order chi connectivity index (χ1) is 9.52. The molecular weight excluding hydrogens is 318 g/mol. The number of nitrogens with zero attached hydrogens (tertiary/aromatic N) is 3. The maximum absolute atomic E-state index is 5.90. The van der Waals surface area contributed by atoms with Crippen molar-refractivity contribution < 1.29 is 4.74 Å². The van der Waals surface area contributed by atoms with Gasteiger partial charge in [-0.15, -0.1) is 0 Å². The minimum absolute atomic E-state index is 0.506. The van der Waals surface area contributed by atoms with Crippen LogP contribution in [0.25, 0.3) is 0 Å². The van der Waals surface area contributed by atoms with Crippen LogP contribution in [-0.2, 0) is 13.2 Å². The molecule has 0 saturated heterocycles. The van der Waals surface area contributed by atoms with Gasteiger partial charge in [-0.2, -0.15) is 5.10 Å². The molecular formula is C15H20BrN3O. The van der Waals surface area contributed by atoms with E-state index >= 15 is 0 Å². The van der Waals surface area contributed by atoms with Crippen LogP contribution in [0.5, 0.6) is 5.75 Å². The quantitative estimate of drug-likeness (QED) is 0.834. The van der Waals surface area contributed by atoms with Crippen molar-refractivity contribution in [1.29, 1.82) is 0 Å². The summed E-state index contributed by atoms with van der Waals surface area (Å²) in [5.74, 6) is 0.865. The van der Waals surface area contributed by atoms with Crippen molar-refractivity contribution in [2.75, 3.05) is 19.0 Å². The van der Waals surface area contributed by atoms with Gasteiger partial charge in [-0.3, -0.25) is 4.68 Å². The van der Waals surface area contributed by atoms with Gasteiger partial charge >= 0.3 is 0 Å². The lowest BCUT2D eigenvalue weighted by atomic mass is 10.3. The average molecular weight is 338 g/mol. The van der Waals surface area contributed by atoms with Crippen molar-refractivity contribution in [3.63, 3.8) is 0 Å². The summed E-state index contributed by atoms with van der Waals surface area (Å²) in [5, 5.41) is 4.47. The van der Waals surface area contributed by atoms with Crippen molar-refractivity contribution in [2.45, 2.75) is 27.0 Å². The molecule has 5 heteroatoms. The summed E-state index contributed by atoms with van der Waals surface area (Å²) in [6.45, 7) is 5.41. The molecule has 0 saturated carbocycles. The number of hydrogen-bond acceptors (Lipinski definition) is 3. The summed E-state index contributed by atoms with van der Waals surface area (Å²) in [6.07, 6.45) is 0. The van der Waals surface area contributed by atoms with Crippen molar-refractivity contribution >= 4 is 21.6 Å². The minimum Gasteiger partial charge on any atom is -0.487 e. The second kappa shape index (κ2) is 6.31. The van der Waals surface area contributed by atoms with E-state index < -0.39 is 0 Å². The number of halogens is 1. The normalized spacial score (nSPS) is 10.7. The summed E-state index contributed by atoms with van der Waals surface area (Å²) < 4.78 is 8.90. The molecule has 0 unspecified atom stereocenters. The van der Waals surface area contributed by atoms with Crippen LogP contribution in [0.3, 0.4) is 0 Å². The van der Waals surface area contributed by atoms with Crippen LogP contribution in [-0.4, -0.2) is 23.9 Å². The molecule has 0 atom stereocenters. The third kappa shape index (κ3) is 3.15. The van der Waals surface area contributed by atoms with E-state index in [2.05, 4.69) is 38.9 Å². The highest BCUT2D eigenvalue weighted by molar-refractivity contribution is 9.10. The Kier molecular flexibility index (Phi) is 4.70. The van der Waals surface area contributed by atoms with Crippen molar-refractivity contribution in [1.82, 2.24) is 9.78 Å². The van der Waals surface area contributed by atoms with Gasteiger partial charge in [0.1, 0.15) is 12.4 Å². The van der Waals surface area contributed by atoms with Crippen molar-refractivity contribution in [3.05, 3.63) is 40.1 Å². The number of hydrogen-bond donors (Lipinski definition) is 0. The summed E-state index contributed by atoms with van der Waals surface area (Å²) in [7, 11) is 4.04. The van der Waals surface area contributed by atoms with Gasteiger partial charge < -0.3 is 9.64 Å². The molecule has 0 radical (unpaired) electrons. The van der Waals surface area contributed by atoms with E-state index in [1.54, 1.807) is 0 Å². The van der Waals surface area contributed by atoms with Crippen LogP contribution in [0, 0.1) is 6.92 Å². The number of aryl methyl sites for hydroxylation is 2. The Labute approximate surface area is 128 Å². The van der Waals surface area contributed by atoms with Crippen LogP contribution in [0.1, 0.15) is 18.3 Å². The number of rotatable bonds is 5. The van der Waals surface area contributed by atoms with Crippen LogP contribution in [0.15, 0.2) is 28.7 Å². The van der Waals surface area contributed by atoms with Crippen LogP contribution >= 0.6 is 15.9 Å². The fraction of sp³-hybridized carbons (Fsp3) is 0.400. The number of ether oxygens (including phenoxy) is 1. The first-order valence-electron chi connectivity index (χ1n) is 6.65. The van der Waals surface area contributed by atoms with E-state index in [0.717, 1.165) is 33.8 Å². The van der Waals surface area contributed by atoms with Gasteiger partial charge in [-0.25, -0.2) is 0 Å². The van der Waals surface area contributed by atoms with Crippen LogP contribution in [0.2, 0.25) is 0 Å². The monoisotopic (exact) mass is 337 g/mol. The maximum Gasteiger partial charge on any atom is 0.131 e. The topological polar surface area (TPSA) is 30.3 Å². The molecule has 0 fully saturated rings. The van der Waals surface area contributed by atoms with Gasteiger partial charge in [-0.05, 0) is 41.9 Å². The zero-order valence-corrected chi connectivity index (χ0v) is 13.9. The van der Waals surface area contributed by atoms with Gasteiger partial charge in [0.25, 0.3) is 0 Å². The SMILES string of the molecule is CCn1nc(C)c(Br)c1COc1cccc(N(C)C)c1. The maximum atomic E-state index is 5.90. The van der Waals surface area contributed by atoms with E-state index in [1.807, 2.05) is 43.9 Å². The second-order valence-corrected chi connectivity index (χ2v) is 5.64. The zero-order chi connectivity index (χ0) is 14.7. The summed E-state index contributed by atoms with van der Waals surface area (Å²) in [4.78, 5) is 2.06. The molecule has 108 valence electrons. The van der Waals surface area contributed by atoms with E-state index in [0.29, 0.717) is 6.61 Å². The van der Waals surface area contributed by atoms with E-state index in [9.17, 15) is 0 Å². The third-order valence-electron chi connectivity index (χ3n) is 3.16. The Morgan fingerprint density at radius 3 is 2.75 bits per heavy atom. The minimum atomic E-state index is 0.506. The predicted octanol–water partition coefficient (Wildman–Crippen LogP) is 3.62. The third-order valence-corrected chi connectivity index (χ3v) is 4.19. The fourth-order valence-corrected chi connectivity index (χ4v) is 2.41. The summed E-state index contributed by atoms with van der Waals surface area (Å²) in [5.41, 5.74) is 3.19. The summed E-state index contributed by atoms with van der Waals surface area (Å²) in [6, 6.07) is 8.07. The lowest BCUT2D eigenvalue weighted by Crippen LogP contribution is -2.09. The van der Waals surface area contributed by atoms with E-state index in [1.165, 1.54) is 0 Å². The van der Waals surface area contributed by atoms with Crippen molar-refractivity contribution in [2.24, 2.45) is 0 Å².